The van der Waals surface area contributed by atoms with Crippen LogP contribution in [0.3, 0.4) is 0 Å². The first-order valence-electron chi connectivity index (χ1n) is 7.84. The molecule has 0 aliphatic carbocycles. The molecular formula is C15H16BrFN8O2S. The number of hydrogen-bond donors (Lipinski definition) is 2. The number of ether oxygens (including phenoxy) is 1. The van der Waals surface area contributed by atoms with Crippen molar-refractivity contribution in [1.29, 1.82) is 5.41 Å². The van der Waals surface area contributed by atoms with Crippen molar-refractivity contribution in [2.45, 2.75) is 12.5 Å². The molecule has 1 atom stereocenters. The molecule has 0 aliphatic heterocycles. The number of nitrogens with two attached hydrogens (primary N) is 1. The number of nitrogens with one attached hydrogen (secondary N) is 1. The number of carbonyl (C=O) groups excluding carboxylic acids is 1. The van der Waals surface area contributed by atoms with E-state index in [9.17, 15) is 9.18 Å². The summed E-state index contributed by atoms with van der Waals surface area (Å²) in [5.41, 5.74) is 13.1. The number of thiazole rings is 1. The maximum absolute atomic E-state index is 13.4. The zero-order valence-corrected chi connectivity index (χ0v) is 17.1. The van der Waals surface area contributed by atoms with Crippen molar-refractivity contribution in [3.05, 3.63) is 39.3 Å². The topological polar surface area (TPSA) is 154 Å². The number of hydrogen-bond acceptors (Lipinski definition) is 8. The van der Waals surface area contributed by atoms with E-state index >= 15 is 0 Å². The number of amides is 1. The first kappa shape index (κ1) is 21.7. The first-order valence-corrected chi connectivity index (χ1v) is 9.45. The second-order valence-electron chi connectivity index (χ2n) is 5.66. The summed E-state index contributed by atoms with van der Waals surface area (Å²) in [5, 5.41) is 11.7. The number of nitrogens with zero attached hydrogens (tertiary/aromatic N) is 6. The summed E-state index contributed by atoms with van der Waals surface area (Å²) in [6.07, 6.45) is 2.62. The van der Waals surface area contributed by atoms with Crippen LogP contribution in [-0.4, -0.2) is 47.5 Å². The Balaban J connectivity index is 2.34. The quantitative estimate of drug-likeness (QED) is 0.260. The van der Waals surface area contributed by atoms with Crippen molar-refractivity contribution < 1.29 is 13.9 Å². The minimum absolute atomic E-state index is 0.107. The molecule has 0 spiro atoms. The molecule has 2 rings (SSSR count). The molecule has 0 aliphatic rings. The van der Waals surface area contributed by atoms with Gasteiger partial charge in [0, 0.05) is 36.0 Å². The fourth-order valence-electron chi connectivity index (χ4n) is 2.05. The maximum atomic E-state index is 13.4. The molecule has 2 aromatic heterocycles. The molecule has 0 saturated carbocycles. The molecule has 2 heterocycles. The van der Waals surface area contributed by atoms with Gasteiger partial charge >= 0.3 is 6.09 Å². The number of azide groups is 1. The highest BCUT2D eigenvalue weighted by Crippen LogP contribution is 2.38. The summed E-state index contributed by atoms with van der Waals surface area (Å²) in [4.78, 5) is 24.7. The van der Waals surface area contributed by atoms with Gasteiger partial charge in [-0.2, -0.15) is 0 Å². The van der Waals surface area contributed by atoms with E-state index in [-0.39, 0.29) is 19.6 Å². The van der Waals surface area contributed by atoms with Crippen molar-refractivity contribution >= 4 is 44.6 Å². The van der Waals surface area contributed by atoms with Crippen LogP contribution in [0.2, 0.25) is 0 Å². The summed E-state index contributed by atoms with van der Waals surface area (Å²) in [7, 11) is 0. The number of aromatic nitrogens is 2. The molecule has 1 unspecified atom stereocenters. The number of anilines is 1. The third-order valence-corrected chi connectivity index (χ3v) is 5.36. The van der Waals surface area contributed by atoms with E-state index in [4.69, 9.17) is 21.4 Å². The molecule has 0 aromatic carbocycles. The molecule has 0 radical (unpaired) electrons. The van der Waals surface area contributed by atoms with Crippen LogP contribution >= 0.6 is 27.3 Å². The van der Waals surface area contributed by atoms with Crippen LogP contribution in [0.4, 0.5) is 14.2 Å². The van der Waals surface area contributed by atoms with Gasteiger partial charge in [0.2, 0.25) is 0 Å². The predicted molar refractivity (Wildman–Crippen MR) is 107 cm³/mol. The highest BCUT2D eigenvalue weighted by atomic mass is 79.9. The minimum atomic E-state index is -1.41. The average molecular weight is 471 g/mol. The second-order valence-corrected chi connectivity index (χ2v) is 7.39. The molecule has 28 heavy (non-hydrogen) atoms. The summed E-state index contributed by atoms with van der Waals surface area (Å²) >= 11 is 4.41. The van der Waals surface area contributed by atoms with Crippen molar-refractivity contribution in [2.75, 3.05) is 24.5 Å². The molecule has 1 amide bonds. The summed E-state index contributed by atoms with van der Waals surface area (Å²) in [6, 6.07) is 1.28. The first-order chi connectivity index (χ1) is 13.3. The fourth-order valence-corrected chi connectivity index (χ4v) is 3.76. The lowest BCUT2D eigenvalue weighted by molar-refractivity contribution is 0.0866. The zero-order valence-electron chi connectivity index (χ0n) is 14.7. The van der Waals surface area contributed by atoms with Crippen LogP contribution in [0.15, 0.2) is 28.2 Å². The van der Waals surface area contributed by atoms with Gasteiger partial charge in [0.1, 0.15) is 20.4 Å². The van der Waals surface area contributed by atoms with Crippen molar-refractivity contribution in [1.82, 2.24) is 9.97 Å². The normalized spacial score (nSPS) is 12.6. The second kappa shape index (κ2) is 9.55. The standard InChI is InChI=1S/C15H16BrFN8O2S/c1-15(7-19,8-22-24-20)27-14(26)25(3-2-18)13-11(16)23-12(28-13)9-4-10(17)6-21-5-9/h4-7,19H,2-3,8,18H2,1H3. The Labute approximate surface area is 171 Å². The minimum Gasteiger partial charge on any atom is -0.437 e. The lowest BCUT2D eigenvalue weighted by Crippen LogP contribution is -2.44. The van der Waals surface area contributed by atoms with E-state index in [0.29, 0.717) is 20.2 Å². The van der Waals surface area contributed by atoms with Gasteiger partial charge in [-0.05, 0) is 34.5 Å². The Morgan fingerprint density at radius 3 is 3.00 bits per heavy atom. The van der Waals surface area contributed by atoms with Gasteiger partial charge in [-0.15, -0.1) is 0 Å². The SMILES string of the molecule is CC(C=N)(CN=[N+]=[N-])OC(=O)N(CCN)c1sc(-c2cncc(F)c2)nc1Br. The van der Waals surface area contributed by atoms with E-state index in [1.54, 1.807) is 0 Å². The van der Waals surface area contributed by atoms with Crippen molar-refractivity contribution in [3.63, 3.8) is 0 Å². The third kappa shape index (κ3) is 5.23. The average Bonchev–Trinajstić information content (AvgIpc) is 3.05. The summed E-state index contributed by atoms with van der Waals surface area (Å²) < 4.78 is 19.1. The molecular weight excluding hydrogens is 455 g/mol. The number of pyridine rings is 1. The summed E-state index contributed by atoms with van der Waals surface area (Å²) in [6.45, 7) is 1.45. The van der Waals surface area contributed by atoms with Gasteiger partial charge in [-0.3, -0.25) is 9.88 Å². The van der Waals surface area contributed by atoms with Gasteiger partial charge in [-0.1, -0.05) is 16.5 Å². The monoisotopic (exact) mass is 470 g/mol. The molecule has 0 bridgehead atoms. The lowest BCUT2D eigenvalue weighted by Gasteiger charge is -2.27. The van der Waals surface area contributed by atoms with E-state index < -0.39 is 17.5 Å². The Hall–Kier alpha value is -2.60. The maximum Gasteiger partial charge on any atom is 0.415 e. The Kier molecular flexibility index (Phi) is 7.40. The van der Waals surface area contributed by atoms with E-state index in [2.05, 4.69) is 35.9 Å². The molecule has 148 valence electrons. The van der Waals surface area contributed by atoms with E-state index in [0.717, 1.165) is 23.7 Å². The van der Waals surface area contributed by atoms with Crippen molar-refractivity contribution in [3.8, 4) is 10.6 Å². The third-order valence-electron chi connectivity index (χ3n) is 3.41. The van der Waals surface area contributed by atoms with Gasteiger partial charge < -0.3 is 15.9 Å². The number of rotatable bonds is 8. The van der Waals surface area contributed by atoms with Crippen LogP contribution in [-0.2, 0) is 4.74 Å². The van der Waals surface area contributed by atoms with Crippen LogP contribution in [0.5, 0.6) is 0 Å². The van der Waals surface area contributed by atoms with Gasteiger partial charge in [0.25, 0.3) is 0 Å². The van der Waals surface area contributed by atoms with Gasteiger partial charge in [0.05, 0.1) is 12.7 Å². The Bertz CT molecular complexity index is 919. The molecule has 2 aromatic rings. The molecule has 3 N–H and O–H groups in total. The predicted octanol–water partition coefficient (Wildman–Crippen LogP) is 3.73. The Morgan fingerprint density at radius 1 is 1.64 bits per heavy atom. The number of carbonyl (C=O) groups is 1. The Morgan fingerprint density at radius 2 is 2.39 bits per heavy atom. The zero-order chi connectivity index (χ0) is 20.7. The smallest absolute Gasteiger partial charge is 0.415 e. The molecule has 13 heteroatoms. The molecule has 0 fully saturated rings. The largest absolute Gasteiger partial charge is 0.437 e. The van der Waals surface area contributed by atoms with Gasteiger partial charge in [-0.25, -0.2) is 14.2 Å². The molecule has 10 nitrogen and oxygen atoms in total. The lowest BCUT2D eigenvalue weighted by atomic mass is 10.1. The van der Waals surface area contributed by atoms with Crippen LogP contribution < -0.4 is 10.6 Å². The van der Waals surface area contributed by atoms with E-state index in [1.807, 2.05) is 0 Å². The van der Waals surface area contributed by atoms with Crippen LogP contribution in [0.1, 0.15) is 6.92 Å². The molecule has 0 saturated heterocycles. The van der Waals surface area contributed by atoms with Gasteiger partial charge in [0.15, 0.2) is 5.60 Å². The highest BCUT2D eigenvalue weighted by molar-refractivity contribution is 9.10. The number of halogens is 2. The van der Waals surface area contributed by atoms with Crippen LogP contribution in [0, 0.1) is 11.2 Å². The fraction of sp³-hybridized carbons (Fsp3) is 0.333. The summed E-state index contributed by atoms with van der Waals surface area (Å²) in [5.74, 6) is -0.511. The van der Waals surface area contributed by atoms with E-state index in [1.165, 1.54) is 24.1 Å². The highest BCUT2D eigenvalue weighted by Gasteiger charge is 2.31. The van der Waals surface area contributed by atoms with Crippen LogP contribution in [0.25, 0.3) is 21.0 Å². The van der Waals surface area contributed by atoms with Crippen molar-refractivity contribution in [2.24, 2.45) is 10.8 Å².